The van der Waals surface area contributed by atoms with E-state index < -0.39 is 5.41 Å². The molecule has 3 heteroatoms. The Kier molecular flexibility index (Phi) is 6.10. The molecule has 1 unspecified atom stereocenters. The van der Waals surface area contributed by atoms with E-state index in [-0.39, 0.29) is 12.8 Å². The third kappa shape index (κ3) is 3.56. The molecule has 0 spiro atoms. The van der Waals surface area contributed by atoms with E-state index in [2.05, 4.69) is 13.8 Å². The van der Waals surface area contributed by atoms with Crippen LogP contribution in [0, 0.1) is 0 Å². The molecule has 1 saturated carbocycles. The summed E-state index contributed by atoms with van der Waals surface area (Å²) in [6.45, 7) is 3.85. The molecule has 1 aliphatic rings. The molecule has 0 N–H and O–H groups in total. The number of ether oxygens (including phenoxy) is 2. The summed E-state index contributed by atoms with van der Waals surface area (Å²) in [5.74, 6) is 1.52. The van der Waals surface area contributed by atoms with Crippen molar-refractivity contribution in [1.29, 1.82) is 0 Å². The van der Waals surface area contributed by atoms with Gasteiger partial charge in [-0.05, 0) is 56.2 Å². The molecule has 0 radical (unpaired) electrons. The summed E-state index contributed by atoms with van der Waals surface area (Å²) in [6.07, 6.45) is 7.56. The maximum Gasteiger partial charge on any atom is 0.161 e. The van der Waals surface area contributed by atoms with Crippen molar-refractivity contribution in [1.82, 2.24) is 0 Å². The molecule has 22 heavy (non-hydrogen) atoms. The Morgan fingerprint density at radius 1 is 1.18 bits per heavy atom. The van der Waals surface area contributed by atoms with E-state index in [9.17, 15) is 4.39 Å². The Bertz CT molecular complexity index is 463. The van der Waals surface area contributed by atoms with Crippen LogP contribution in [0.5, 0.6) is 11.5 Å². The Morgan fingerprint density at radius 2 is 1.91 bits per heavy atom. The predicted molar refractivity (Wildman–Crippen MR) is 88.7 cm³/mol. The smallest absolute Gasteiger partial charge is 0.161 e. The van der Waals surface area contributed by atoms with Gasteiger partial charge in [0.2, 0.25) is 0 Å². The van der Waals surface area contributed by atoms with Crippen LogP contribution in [0.25, 0.3) is 0 Å². The van der Waals surface area contributed by atoms with Crippen LogP contribution >= 0.6 is 0 Å². The van der Waals surface area contributed by atoms with Crippen molar-refractivity contribution in [2.45, 2.75) is 70.3 Å². The van der Waals surface area contributed by atoms with E-state index in [0.717, 1.165) is 49.2 Å². The molecule has 0 saturated heterocycles. The molecule has 124 valence electrons. The fourth-order valence-corrected chi connectivity index (χ4v) is 3.53. The summed E-state index contributed by atoms with van der Waals surface area (Å²) in [6, 6.07) is 5.93. The van der Waals surface area contributed by atoms with Crippen molar-refractivity contribution < 1.29 is 13.9 Å². The molecule has 1 atom stereocenters. The van der Waals surface area contributed by atoms with Crippen LogP contribution in [0.15, 0.2) is 18.2 Å². The Balaban J connectivity index is 2.31. The highest BCUT2D eigenvalue weighted by Crippen LogP contribution is 2.39. The van der Waals surface area contributed by atoms with Crippen molar-refractivity contribution in [3.8, 4) is 11.5 Å². The molecule has 2 nitrogen and oxygen atoms in total. The van der Waals surface area contributed by atoms with Gasteiger partial charge in [-0.2, -0.15) is 0 Å². The molecule has 2 rings (SSSR count). The minimum Gasteiger partial charge on any atom is -0.493 e. The van der Waals surface area contributed by atoms with E-state index in [1.165, 1.54) is 12.8 Å². The summed E-state index contributed by atoms with van der Waals surface area (Å²) in [5, 5.41) is 0. The summed E-state index contributed by atoms with van der Waals surface area (Å²) in [7, 11) is 1.66. The minimum atomic E-state index is -0.394. The molecule has 1 aromatic carbocycles. The van der Waals surface area contributed by atoms with Gasteiger partial charge < -0.3 is 9.47 Å². The lowest BCUT2D eigenvalue weighted by Gasteiger charge is -2.31. The van der Waals surface area contributed by atoms with Crippen LogP contribution in [0.1, 0.15) is 64.4 Å². The zero-order chi connectivity index (χ0) is 16.0. The van der Waals surface area contributed by atoms with Gasteiger partial charge in [0.05, 0.1) is 19.9 Å². The summed E-state index contributed by atoms with van der Waals surface area (Å²) in [4.78, 5) is 0. The predicted octanol–water partition coefficient (Wildman–Crippen LogP) is 5.43. The number of alkyl halides is 1. The SMILES string of the molecule is CCCC(CC)(CF)c1ccc(OC)c(OC2CCCC2)c1. The molecule has 1 fully saturated rings. The highest BCUT2D eigenvalue weighted by atomic mass is 19.1. The fourth-order valence-electron chi connectivity index (χ4n) is 3.53. The van der Waals surface area contributed by atoms with Gasteiger partial charge in [-0.25, -0.2) is 0 Å². The largest absolute Gasteiger partial charge is 0.493 e. The number of benzene rings is 1. The fraction of sp³-hybridized carbons (Fsp3) is 0.684. The minimum absolute atomic E-state index is 0.275. The number of methoxy groups -OCH3 is 1. The molecule has 0 aliphatic heterocycles. The van der Waals surface area contributed by atoms with E-state index >= 15 is 0 Å². The normalized spacial score (nSPS) is 18.2. The Morgan fingerprint density at radius 3 is 2.45 bits per heavy atom. The molecule has 0 bridgehead atoms. The van der Waals surface area contributed by atoms with Gasteiger partial charge in [0, 0.05) is 5.41 Å². The first-order chi connectivity index (χ1) is 10.7. The van der Waals surface area contributed by atoms with Crippen LogP contribution in [-0.2, 0) is 5.41 Å². The van der Waals surface area contributed by atoms with Gasteiger partial charge in [0.25, 0.3) is 0 Å². The van der Waals surface area contributed by atoms with Crippen LogP contribution in [0.3, 0.4) is 0 Å². The lowest BCUT2D eigenvalue weighted by atomic mass is 9.75. The molecule has 0 heterocycles. The van der Waals surface area contributed by atoms with Gasteiger partial charge in [-0.1, -0.05) is 26.3 Å². The van der Waals surface area contributed by atoms with E-state index in [1.54, 1.807) is 7.11 Å². The van der Waals surface area contributed by atoms with Gasteiger partial charge in [0.1, 0.15) is 0 Å². The highest BCUT2D eigenvalue weighted by molar-refractivity contribution is 5.45. The molecule has 1 aliphatic carbocycles. The quantitative estimate of drug-likeness (QED) is 0.637. The third-order valence-corrected chi connectivity index (χ3v) is 5.03. The van der Waals surface area contributed by atoms with E-state index in [1.807, 2.05) is 18.2 Å². The van der Waals surface area contributed by atoms with Crippen molar-refractivity contribution in [3.63, 3.8) is 0 Å². The second kappa shape index (κ2) is 7.85. The topological polar surface area (TPSA) is 18.5 Å². The van der Waals surface area contributed by atoms with Gasteiger partial charge in [-0.15, -0.1) is 0 Å². The highest BCUT2D eigenvalue weighted by Gasteiger charge is 2.31. The number of hydrogen-bond acceptors (Lipinski definition) is 2. The number of halogens is 1. The van der Waals surface area contributed by atoms with Crippen molar-refractivity contribution in [2.75, 3.05) is 13.8 Å². The van der Waals surface area contributed by atoms with Crippen molar-refractivity contribution in [2.24, 2.45) is 0 Å². The average Bonchev–Trinajstić information content (AvgIpc) is 3.06. The number of rotatable bonds is 8. The van der Waals surface area contributed by atoms with Gasteiger partial charge in [-0.3, -0.25) is 4.39 Å². The monoisotopic (exact) mass is 308 g/mol. The van der Waals surface area contributed by atoms with Crippen molar-refractivity contribution in [3.05, 3.63) is 23.8 Å². The molecular weight excluding hydrogens is 279 g/mol. The molecular formula is C19H29FO2. The van der Waals surface area contributed by atoms with Crippen LogP contribution < -0.4 is 9.47 Å². The van der Waals surface area contributed by atoms with E-state index in [4.69, 9.17) is 9.47 Å². The third-order valence-electron chi connectivity index (χ3n) is 5.03. The lowest BCUT2D eigenvalue weighted by molar-refractivity contribution is 0.199. The van der Waals surface area contributed by atoms with Gasteiger partial charge >= 0.3 is 0 Å². The Hall–Kier alpha value is -1.25. The maximum atomic E-state index is 13.8. The summed E-state index contributed by atoms with van der Waals surface area (Å²) in [5.41, 5.74) is 0.641. The Labute approximate surface area is 134 Å². The van der Waals surface area contributed by atoms with Crippen LogP contribution in [-0.4, -0.2) is 19.9 Å². The zero-order valence-corrected chi connectivity index (χ0v) is 14.2. The summed E-state index contributed by atoms with van der Waals surface area (Å²) >= 11 is 0. The van der Waals surface area contributed by atoms with Crippen LogP contribution in [0.4, 0.5) is 4.39 Å². The first kappa shape index (κ1) is 17.1. The van der Waals surface area contributed by atoms with Crippen molar-refractivity contribution >= 4 is 0 Å². The second-order valence-electron chi connectivity index (χ2n) is 6.41. The number of hydrogen-bond donors (Lipinski definition) is 0. The average molecular weight is 308 g/mol. The first-order valence-electron chi connectivity index (χ1n) is 8.60. The zero-order valence-electron chi connectivity index (χ0n) is 14.2. The molecule has 1 aromatic rings. The first-order valence-corrected chi connectivity index (χ1v) is 8.60. The van der Waals surface area contributed by atoms with E-state index in [0.29, 0.717) is 0 Å². The molecule has 0 amide bonds. The standard InChI is InChI=1S/C19H29FO2/c1-4-12-19(5-2,14-20)15-10-11-17(21-3)18(13-15)22-16-8-6-7-9-16/h10-11,13,16H,4-9,12,14H2,1-3H3. The second-order valence-corrected chi connectivity index (χ2v) is 6.41. The summed E-state index contributed by atoms with van der Waals surface area (Å²) < 4.78 is 25.4. The van der Waals surface area contributed by atoms with Gasteiger partial charge in [0.15, 0.2) is 11.5 Å². The lowest BCUT2D eigenvalue weighted by Crippen LogP contribution is -2.28. The maximum absolute atomic E-state index is 13.8. The van der Waals surface area contributed by atoms with Crippen LogP contribution in [0.2, 0.25) is 0 Å². The molecule has 0 aromatic heterocycles.